The first-order chi connectivity index (χ1) is 13.6. The highest BCUT2D eigenvalue weighted by Gasteiger charge is 2.36. The van der Waals surface area contributed by atoms with Crippen molar-refractivity contribution in [3.05, 3.63) is 33.8 Å². The molecular formula is C19H24N6O2S. The largest absolute Gasteiger partial charge is 0.336 e. The highest BCUT2D eigenvalue weighted by atomic mass is 32.1. The molecule has 0 radical (unpaired) electrons. The van der Waals surface area contributed by atoms with Gasteiger partial charge in [0.1, 0.15) is 16.4 Å². The van der Waals surface area contributed by atoms with Gasteiger partial charge in [-0.3, -0.25) is 14.5 Å². The summed E-state index contributed by atoms with van der Waals surface area (Å²) in [6.45, 7) is 7.61. The van der Waals surface area contributed by atoms with Crippen LogP contribution in [0.5, 0.6) is 0 Å². The molecule has 0 aliphatic carbocycles. The molecule has 2 fully saturated rings. The topological polar surface area (TPSA) is 74.6 Å². The number of fused-ring (bicyclic) bond motifs is 3. The summed E-state index contributed by atoms with van der Waals surface area (Å²) in [7, 11) is 0. The minimum atomic E-state index is 0.0427. The van der Waals surface area contributed by atoms with Gasteiger partial charge in [0.2, 0.25) is 0 Å². The molecule has 0 aromatic carbocycles. The second kappa shape index (κ2) is 6.97. The Balaban J connectivity index is 1.29. The Bertz CT molecular complexity index is 896. The van der Waals surface area contributed by atoms with Crippen LogP contribution in [0.15, 0.2) is 11.7 Å². The van der Waals surface area contributed by atoms with Gasteiger partial charge in [0.25, 0.3) is 11.8 Å². The average molecular weight is 401 g/mol. The average Bonchev–Trinajstić information content (AvgIpc) is 3.37. The summed E-state index contributed by atoms with van der Waals surface area (Å²) < 4.78 is 2.05. The Hall–Kier alpha value is -2.26. The van der Waals surface area contributed by atoms with Crippen molar-refractivity contribution in [1.82, 2.24) is 29.2 Å². The van der Waals surface area contributed by atoms with Gasteiger partial charge in [-0.05, 0) is 13.3 Å². The Morgan fingerprint density at radius 1 is 1.11 bits per heavy atom. The molecule has 3 aliphatic rings. The number of hydrogen-bond acceptors (Lipinski definition) is 6. The van der Waals surface area contributed by atoms with E-state index in [2.05, 4.69) is 14.9 Å². The predicted octanol–water partition coefficient (Wildman–Crippen LogP) is 0.877. The molecule has 2 unspecified atom stereocenters. The van der Waals surface area contributed by atoms with Gasteiger partial charge in [-0.2, -0.15) is 0 Å². The molecule has 28 heavy (non-hydrogen) atoms. The minimum absolute atomic E-state index is 0.0427. The van der Waals surface area contributed by atoms with Crippen molar-refractivity contribution in [2.24, 2.45) is 0 Å². The number of amides is 2. The van der Waals surface area contributed by atoms with E-state index in [9.17, 15) is 9.59 Å². The molecule has 0 saturated carbocycles. The van der Waals surface area contributed by atoms with Gasteiger partial charge in [-0.1, -0.05) is 0 Å². The summed E-state index contributed by atoms with van der Waals surface area (Å²) in [4.78, 5) is 41.6. The lowest BCUT2D eigenvalue weighted by molar-refractivity contribution is 0.0602. The summed E-state index contributed by atoms with van der Waals surface area (Å²) in [6.07, 6.45) is 3.60. The molecule has 2 aromatic heterocycles. The van der Waals surface area contributed by atoms with Gasteiger partial charge in [0, 0.05) is 64.5 Å². The van der Waals surface area contributed by atoms with Crippen LogP contribution >= 0.6 is 11.3 Å². The number of aryl methyl sites for hydroxylation is 1. The van der Waals surface area contributed by atoms with Crippen LogP contribution < -0.4 is 0 Å². The number of hydrogen-bond donors (Lipinski definition) is 0. The number of carbonyl (C=O) groups excluding carboxylic acids is 2. The number of rotatable bonds is 2. The first kappa shape index (κ1) is 17.8. The number of nitrogens with zero attached hydrogens (tertiary/aromatic N) is 6. The predicted molar refractivity (Wildman–Crippen MR) is 105 cm³/mol. The molecule has 5 heterocycles. The zero-order valence-corrected chi connectivity index (χ0v) is 16.8. The molecule has 2 atom stereocenters. The fourth-order valence-electron chi connectivity index (χ4n) is 4.50. The Morgan fingerprint density at radius 3 is 2.82 bits per heavy atom. The first-order valence-corrected chi connectivity index (χ1v) is 10.8. The molecule has 0 N–H and O–H groups in total. The molecule has 2 amide bonds. The van der Waals surface area contributed by atoms with E-state index in [1.165, 1.54) is 11.3 Å². The van der Waals surface area contributed by atoms with E-state index < -0.39 is 0 Å². The monoisotopic (exact) mass is 400 g/mol. The summed E-state index contributed by atoms with van der Waals surface area (Å²) in [5, 5.41) is 0. The fourth-order valence-corrected chi connectivity index (χ4v) is 5.26. The number of piperazine rings is 1. The van der Waals surface area contributed by atoms with Gasteiger partial charge in [0.15, 0.2) is 0 Å². The van der Waals surface area contributed by atoms with Crippen molar-refractivity contribution >= 4 is 23.2 Å². The lowest BCUT2D eigenvalue weighted by Gasteiger charge is -2.33. The molecule has 2 saturated heterocycles. The van der Waals surface area contributed by atoms with Gasteiger partial charge in [-0.15, -0.1) is 11.3 Å². The molecule has 9 heteroatoms. The SMILES string of the molecule is Cc1ncsc1C(=O)N1CCc2nc(C(=O)N3CCN4CCC3C4)cn2CC1. The molecule has 2 bridgehead atoms. The molecule has 0 spiro atoms. The zero-order valence-electron chi connectivity index (χ0n) is 16.0. The number of aromatic nitrogens is 3. The van der Waals surface area contributed by atoms with E-state index in [-0.39, 0.29) is 11.8 Å². The number of thiazole rings is 1. The normalized spacial score (nSPS) is 24.2. The third-order valence-electron chi connectivity index (χ3n) is 6.13. The summed E-state index contributed by atoms with van der Waals surface area (Å²) in [5.74, 6) is 0.992. The highest BCUT2D eigenvalue weighted by molar-refractivity contribution is 7.11. The lowest BCUT2D eigenvalue weighted by atomic mass is 10.2. The summed E-state index contributed by atoms with van der Waals surface area (Å²) in [5.41, 5.74) is 3.05. The summed E-state index contributed by atoms with van der Waals surface area (Å²) >= 11 is 1.39. The van der Waals surface area contributed by atoms with Crippen LogP contribution in [0.25, 0.3) is 0 Å². The van der Waals surface area contributed by atoms with Crippen molar-refractivity contribution < 1.29 is 9.59 Å². The second-order valence-corrected chi connectivity index (χ2v) is 8.64. The first-order valence-electron chi connectivity index (χ1n) is 9.89. The second-order valence-electron chi connectivity index (χ2n) is 7.79. The Labute approximate surface area is 167 Å². The maximum Gasteiger partial charge on any atom is 0.274 e. The van der Waals surface area contributed by atoms with Crippen LogP contribution in [0, 0.1) is 6.92 Å². The van der Waals surface area contributed by atoms with Crippen molar-refractivity contribution in [2.75, 3.05) is 39.3 Å². The van der Waals surface area contributed by atoms with E-state index in [1.54, 1.807) is 5.51 Å². The third kappa shape index (κ3) is 3.02. The van der Waals surface area contributed by atoms with Crippen LogP contribution in [0.1, 0.15) is 38.1 Å². The van der Waals surface area contributed by atoms with Crippen LogP contribution in [0.2, 0.25) is 0 Å². The van der Waals surface area contributed by atoms with Gasteiger partial charge in [-0.25, -0.2) is 9.97 Å². The van der Waals surface area contributed by atoms with E-state index in [0.29, 0.717) is 42.7 Å². The fraction of sp³-hybridized carbons (Fsp3) is 0.579. The van der Waals surface area contributed by atoms with E-state index in [4.69, 9.17) is 0 Å². The summed E-state index contributed by atoms with van der Waals surface area (Å²) in [6, 6.07) is 0.332. The Kier molecular flexibility index (Phi) is 4.43. The molecule has 5 rings (SSSR count). The molecule has 148 valence electrons. The smallest absolute Gasteiger partial charge is 0.274 e. The van der Waals surface area contributed by atoms with Crippen LogP contribution in [0.4, 0.5) is 0 Å². The standard InChI is InChI=1S/C19H24N6O2S/c1-13-17(28-12-20-13)19(27)23-5-3-16-21-15(11-24(16)8-7-23)18(26)25-9-6-22-4-2-14(25)10-22/h11-12,14H,2-10H2,1H3. The van der Waals surface area contributed by atoms with Crippen LogP contribution in [-0.2, 0) is 13.0 Å². The third-order valence-corrected chi connectivity index (χ3v) is 7.04. The molecule has 3 aliphatic heterocycles. The van der Waals surface area contributed by atoms with Gasteiger partial charge < -0.3 is 14.4 Å². The maximum atomic E-state index is 13.0. The van der Waals surface area contributed by atoms with Crippen molar-refractivity contribution in [3.8, 4) is 0 Å². The molecule has 2 aromatic rings. The van der Waals surface area contributed by atoms with E-state index in [1.807, 2.05) is 27.5 Å². The Morgan fingerprint density at radius 2 is 2.00 bits per heavy atom. The highest BCUT2D eigenvalue weighted by Crippen LogP contribution is 2.23. The van der Waals surface area contributed by atoms with Crippen LogP contribution in [0.3, 0.4) is 0 Å². The van der Waals surface area contributed by atoms with Crippen molar-refractivity contribution in [1.29, 1.82) is 0 Å². The molecular weight excluding hydrogens is 376 g/mol. The number of carbonyl (C=O) groups is 2. The quantitative estimate of drug-likeness (QED) is 0.748. The van der Waals surface area contributed by atoms with Crippen LogP contribution in [-0.4, -0.2) is 86.4 Å². The van der Waals surface area contributed by atoms with E-state index >= 15 is 0 Å². The maximum absolute atomic E-state index is 13.0. The number of imidazole rings is 1. The zero-order chi connectivity index (χ0) is 19.3. The minimum Gasteiger partial charge on any atom is -0.336 e. The molecule has 8 nitrogen and oxygen atoms in total. The van der Waals surface area contributed by atoms with Gasteiger partial charge in [0.05, 0.1) is 11.2 Å². The van der Waals surface area contributed by atoms with Gasteiger partial charge >= 0.3 is 0 Å². The van der Waals surface area contributed by atoms with E-state index in [0.717, 1.165) is 44.1 Å². The lowest BCUT2D eigenvalue weighted by Crippen LogP contribution is -2.49. The van der Waals surface area contributed by atoms with Crippen molar-refractivity contribution in [2.45, 2.75) is 32.4 Å². The van der Waals surface area contributed by atoms with Crippen molar-refractivity contribution in [3.63, 3.8) is 0 Å².